The van der Waals surface area contributed by atoms with E-state index >= 15 is 0 Å². The molecular weight excluding hydrogens is 286 g/mol. The highest BCUT2D eigenvalue weighted by Gasteiger charge is 2.29. The summed E-state index contributed by atoms with van der Waals surface area (Å²) in [4.78, 5) is 12.9. The third-order valence-electron chi connectivity index (χ3n) is 3.28. The Bertz CT molecular complexity index is 672. The van der Waals surface area contributed by atoms with Crippen molar-refractivity contribution in [3.63, 3.8) is 0 Å². The van der Waals surface area contributed by atoms with Gasteiger partial charge in [-0.05, 0) is 32.9 Å². The average Bonchev–Trinajstić information content (AvgIpc) is 2.72. The molecule has 3 rings (SSSR count). The number of carbonyl (C=O) groups is 1. The lowest BCUT2D eigenvalue weighted by molar-refractivity contribution is 0.0227. The zero-order chi connectivity index (χ0) is 15.0. The van der Waals surface area contributed by atoms with Gasteiger partial charge in [-0.3, -0.25) is 0 Å². The fourth-order valence-electron chi connectivity index (χ4n) is 2.24. The summed E-state index contributed by atoms with van der Waals surface area (Å²) >= 11 is 1.43. The monoisotopic (exact) mass is 305 g/mol. The minimum absolute atomic E-state index is 0.0176. The molecule has 0 saturated heterocycles. The molecule has 0 spiro atoms. The second-order valence-electron chi connectivity index (χ2n) is 6.23. The summed E-state index contributed by atoms with van der Waals surface area (Å²) in [7, 11) is 0. The second-order valence-corrected chi connectivity index (χ2v) is 7.28. The van der Waals surface area contributed by atoms with Gasteiger partial charge in [0.2, 0.25) is 0 Å². The third-order valence-corrected chi connectivity index (χ3v) is 4.41. The van der Waals surface area contributed by atoms with Crippen LogP contribution in [0.2, 0.25) is 0 Å². The van der Waals surface area contributed by atoms with Gasteiger partial charge in [-0.1, -0.05) is 12.1 Å². The van der Waals surface area contributed by atoms with Crippen molar-refractivity contribution in [1.82, 2.24) is 5.32 Å². The molecule has 1 atom stereocenters. The summed E-state index contributed by atoms with van der Waals surface area (Å²) in [5, 5.41) is 4.33. The third kappa shape index (κ3) is 3.04. The quantitative estimate of drug-likeness (QED) is 0.866. The number of hydrogen-bond acceptors (Lipinski definition) is 5. The standard InChI is InChI=1S/C16H19NO3S/c1-16(2,3)17-8-10-9-19-13-11-6-4-5-7-12(11)21-14(13)15(18)20-10/h4-7,10,17H,8-9H2,1-3H3. The molecule has 1 aliphatic heterocycles. The minimum atomic E-state index is -0.288. The number of esters is 1. The van der Waals surface area contributed by atoms with Gasteiger partial charge in [0.1, 0.15) is 12.7 Å². The van der Waals surface area contributed by atoms with Crippen molar-refractivity contribution in [3.05, 3.63) is 29.1 Å². The second kappa shape index (κ2) is 5.31. The van der Waals surface area contributed by atoms with E-state index in [-0.39, 0.29) is 17.6 Å². The molecule has 112 valence electrons. The van der Waals surface area contributed by atoms with Crippen LogP contribution in [0.25, 0.3) is 10.1 Å². The summed E-state index contributed by atoms with van der Waals surface area (Å²) in [6.07, 6.45) is -0.268. The Kier molecular flexibility index (Phi) is 3.63. The molecular formula is C16H19NO3S. The van der Waals surface area contributed by atoms with Gasteiger partial charge < -0.3 is 14.8 Å². The molecule has 1 aromatic heterocycles. The smallest absolute Gasteiger partial charge is 0.352 e. The molecule has 2 aromatic rings. The number of hydrogen-bond donors (Lipinski definition) is 1. The van der Waals surface area contributed by atoms with Crippen LogP contribution in [0.3, 0.4) is 0 Å². The van der Waals surface area contributed by atoms with Crippen molar-refractivity contribution in [1.29, 1.82) is 0 Å². The first-order valence-corrected chi connectivity index (χ1v) is 7.86. The van der Waals surface area contributed by atoms with Gasteiger partial charge in [0.05, 0.1) is 0 Å². The van der Waals surface area contributed by atoms with Crippen molar-refractivity contribution >= 4 is 27.4 Å². The van der Waals surface area contributed by atoms with Gasteiger partial charge in [-0.25, -0.2) is 4.79 Å². The molecule has 0 radical (unpaired) electrons. The van der Waals surface area contributed by atoms with E-state index in [4.69, 9.17) is 9.47 Å². The number of carbonyl (C=O) groups excluding carboxylic acids is 1. The Morgan fingerprint density at radius 2 is 2.10 bits per heavy atom. The number of cyclic esters (lactones) is 1. The van der Waals surface area contributed by atoms with Gasteiger partial charge in [0.15, 0.2) is 10.6 Å². The number of fused-ring (bicyclic) bond motifs is 3. The fourth-order valence-corrected chi connectivity index (χ4v) is 3.27. The van der Waals surface area contributed by atoms with Crippen molar-refractivity contribution in [2.24, 2.45) is 0 Å². The van der Waals surface area contributed by atoms with E-state index in [1.165, 1.54) is 11.3 Å². The van der Waals surface area contributed by atoms with E-state index in [1.54, 1.807) is 0 Å². The normalized spacial score (nSPS) is 18.8. The molecule has 2 heterocycles. The SMILES string of the molecule is CC(C)(C)NCC1COc2c(sc3ccccc23)C(=O)O1. The summed E-state index contributed by atoms with van der Waals surface area (Å²) in [5.74, 6) is 0.378. The van der Waals surface area contributed by atoms with E-state index in [0.717, 1.165) is 10.1 Å². The predicted molar refractivity (Wildman–Crippen MR) is 84.3 cm³/mol. The summed E-state index contributed by atoms with van der Waals surface area (Å²) in [5.41, 5.74) is -0.0176. The molecule has 0 bridgehead atoms. The van der Waals surface area contributed by atoms with Crippen LogP contribution in [0.1, 0.15) is 30.4 Å². The summed E-state index contributed by atoms with van der Waals surface area (Å²) < 4.78 is 12.5. The van der Waals surface area contributed by atoms with E-state index in [2.05, 4.69) is 26.1 Å². The lowest BCUT2D eigenvalue weighted by Crippen LogP contribution is -2.43. The van der Waals surface area contributed by atoms with Crippen LogP contribution in [0.15, 0.2) is 24.3 Å². The van der Waals surface area contributed by atoms with Crippen LogP contribution in [-0.4, -0.2) is 30.8 Å². The lowest BCUT2D eigenvalue weighted by Gasteiger charge is -2.24. The molecule has 21 heavy (non-hydrogen) atoms. The van der Waals surface area contributed by atoms with Crippen LogP contribution in [-0.2, 0) is 4.74 Å². The molecule has 1 aromatic carbocycles. The van der Waals surface area contributed by atoms with Crippen LogP contribution < -0.4 is 10.1 Å². The zero-order valence-electron chi connectivity index (χ0n) is 12.4. The number of rotatable bonds is 2. The molecule has 5 heteroatoms. The maximum Gasteiger partial charge on any atom is 0.352 e. The van der Waals surface area contributed by atoms with Gasteiger partial charge >= 0.3 is 5.97 Å². The van der Waals surface area contributed by atoms with Crippen molar-refractivity contribution in [2.75, 3.05) is 13.2 Å². The van der Waals surface area contributed by atoms with Crippen LogP contribution >= 0.6 is 11.3 Å². The first kappa shape index (κ1) is 14.4. The maximum atomic E-state index is 12.3. The molecule has 0 fully saturated rings. The Balaban J connectivity index is 1.82. The summed E-state index contributed by atoms with van der Waals surface area (Å²) in [6.45, 7) is 7.20. The first-order chi connectivity index (χ1) is 9.94. The molecule has 0 amide bonds. The van der Waals surface area contributed by atoms with Gasteiger partial charge in [0.25, 0.3) is 0 Å². The Labute approximate surface area is 128 Å². The van der Waals surface area contributed by atoms with Crippen molar-refractivity contribution in [2.45, 2.75) is 32.4 Å². The van der Waals surface area contributed by atoms with Gasteiger partial charge in [-0.2, -0.15) is 0 Å². The minimum Gasteiger partial charge on any atom is -0.487 e. The van der Waals surface area contributed by atoms with Crippen LogP contribution in [0, 0.1) is 0 Å². The van der Waals surface area contributed by atoms with E-state index < -0.39 is 0 Å². The highest BCUT2D eigenvalue weighted by atomic mass is 32.1. The Morgan fingerprint density at radius 3 is 2.86 bits per heavy atom. The number of ether oxygens (including phenoxy) is 2. The number of benzene rings is 1. The Hall–Kier alpha value is -1.59. The van der Waals surface area contributed by atoms with Gasteiger partial charge in [-0.15, -0.1) is 11.3 Å². The maximum absolute atomic E-state index is 12.3. The molecule has 4 nitrogen and oxygen atoms in total. The fraction of sp³-hybridized carbons (Fsp3) is 0.438. The molecule has 1 aliphatic rings. The molecule has 1 unspecified atom stereocenters. The van der Waals surface area contributed by atoms with Crippen LogP contribution in [0.5, 0.6) is 5.75 Å². The highest BCUT2D eigenvalue weighted by Crippen LogP contribution is 2.39. The summed E-state index contributed by atoms with van der Waals surface area (Å²) in [6, 6.07) is 7.88. The van der Waals surface area contributed by atoms with Gasteiger partial charge in [0, 0.05) is 22.2 Å². The van der Waals surface area contributed by atoms with E-state index in [1.807, 2.05) is 24.3 Å². The highest BCUT2D eigenvalue weighted by molar-refractivity contribution is 7.21. The molecule has 0 saturated carbocycles. The lowest BCUT2D eigenvalue weighted by atomic mass is 10.1. The Morgan fingerprint density at radius 1 is 1.33 bits per heavy atom. The molecule has 0 aliphatic carbocycles. The number of thiophene rings is 1. The molecule has 1 N–H and O–H groups in total. The zero-order valence-corrected chi connectivity index (χ0v) is 13.3. The average molecular weight is 305 g/mol. The van der Waals surface area contributed by atoms with E-state index in [0.29, 0.717) is 23.8 Å². The first-order valence-electron chi connectivity index (χ1n) is 7.04. The predicted octanol–water partition coefficient (Wildman–Crippen LogP) is 3.21. The largest absolute Gasteiger partial charge is 0.487 e. The topological polar surface area (TPSA) is 47.6 Å². The van der Waals surface area contributed by atoms with Crippen LogP contribution in [0.4, 0.5) is 0 Å². The van der Waals surface area contributed by atoms with E-state index in [9.17, 15) is 4.79 Å². The van der Waals surface area contributed by atoms with Crippen molar-refractivity contribution in [3.8, 4) is 5.75 Å². The number of nitrogens with one attached hydrogen (secondary N) is 1. The van der Waals surface area contributed by atoms with Crippen molar-refractivity contribution < 1.29 is 14.3 Å².